The molecule has 0 fully saturated rings. The molecule has 1 aromatic heterocycles. The van der Waals surface area contributed by atoms with E-state index < -0.39 is 12.8 Å². The van der Waals surface area contributed by atoms with Crippen LogP contribution in [0, 0.1) is 0 Å². The van der Waals surface area contributed by atoms with Crippen molar-refractivity contribution in [1.82, 2.24) is 5.32 Å². The predicted molar refractivity (Wildman–Crippen MR) is 76.3 cm³/mol. The molecule has 6 heteroatoms. The van der Waals surface area contributed by atoms with Gasteiger partial charge in [0.2, 0.25) is 0 Å². The molecule has 0 bridgehead atoms. The summed E-state index contributed by atoms with van der Waals surface area (Å²) in [6.07, 6.45) is -4.28. The van der Waals surface area contributed by atoms with Crippen LogP contribution in [0.3, 0.4) is 0 Å². The van der Waals surface area contributed by atoms with E-state index in [1.165, 1.54) is 4.88 Å². The van der Waals surface area contributed by atoms with E-state index in [0.717, 1.165) is 4.88 Å². The lowest BCUT2D eigenvalue weighted by Gasteiger charge is -2.18. The van der Waals surface area contributed by atoms with E-state index in [-0.39, 0.29) is 18.1 Å². The van der Waals surface area contributed by atoms with Gasteiger partial charge in [-0.2, -0.15) is 13.2 Å². The number of ether oxygens (including phenoxy) is 1. The first-order chi connectivity index (χ1) is 9.13. The summed E-state index contributed by atoms with van der Waals surface area (Å²) < 4.78 is 41.1. The van der Waals surface area contributed by atoms with Crippen LogP contribution in [0.5, 0.6) is 0 Å². The number of hydrogen-bond donors (Lipinski definition) is 1. The van der Waals surface area contributed by atoms with Crippen molar-refractivity contribution < 1.29 is 17.9 Å². The van der Waals surface area contributed by atoms with Crippen LogP contribution in [-0.2, 0) is 10.2 Å². The first-order valence-corrected chi connectivity index (χ1v) is 7.43. The molecule has 0 saturated heterocycles. The van der Waals surface area contributed by atoms with Crippen molar-refractivity contribution in [3.8, 4) is 0 Å². The van der Waals surface area contributed by atoms with Gasteiger partial charge in [0.05, 0.1) is 12.6 Å². The van der Waals surface area contributed by atoms with Crippen molar-refractivity contribution in [2.24, 2.45) is 0 Å². The smallest absolute Gasteiger partial charge is 0.370 e. The minimum atomic E-state index is -4.28. The summed E-state index contributed by atoms with van der Waals surface area (Å²) in [7, 11) is 0. The van der Waals surface area contributed by atoms with Gasteiger partial charge in [-0.15, -0.1) is 11.3 Å². The van der Waals surface area contributed by atoms with Crippen LogP contribution in [0.4, 0.5) is 13.2 Å². The van der Waals surface area contributed by atoms with Crippen LogP contribution in [0.1, 0.15) is 43.5 Å². The van der Waals surface area contributed by atoms with Gasteiger partial charge < -0.3 is 10.1 Å². The average Bonchev–Trinajstić information content (AvgIpc) is 2.74. The summed E-state index contributed by atoms with van der Waals surface area (Å²) in [5.74, 6) is 0. The van der Waals surface area contributed by atoms with Crippen molar-refractivity contribution in [3.63, 3.8) is 0 Å². The van der Waals surface area contributed by atoms with Crippen molar-refractivity contribution in [2.45, 2.75) is 45.3 Å². The van der Waals surface area contributed by atoms with Crippen molar-refractivity contribution in [1.29, 1.82) is 0 Å². The molecular formula is C14H22F3NOS. The summed E-state index contributed by atoms with van der Waals surface area (Å²) >= 11 is 1.62. The molecule has 0 saturated carbocycles. The summed E-state index contributed by atoms with van der Waals surface area (Å²) in [4.78, 5) is 2.23. The molecule has 0 aliphatic heterocycles. The second-order valence-electron chi connectivity index (χ2n) is 5.69. The fourth-order valence-corrected chi connectivity index (χ4v) is 2.85. The monoisotopic (exact) mass is 309 g/mol. The molecule has 1 aromatic rings. The van der Waals surface area contributed by atoms with E-state index in [2.05, 4.69) is 26.1 Å². The molecule has 0 aliphatic rings. The molecule has 2 nitrogen and oxygen atoms in total. The third-order valence-electron chi connectivity index (χ3n) is 2.71. The first kappa shape index (κ1) is 17.5. The fraction of sp³-hybridized carbons (Fsp3) is 0.714. The van der Waals surface area contributed by atoms with E-state index in [0.29, 0.717) is 6.54 Å². The van der Waals surface area contributed by atoms with Gasteiger partial charge in [0.25, 0.3) is 0 Å². The minimum Gasteiger partial charge on any atom is -0.370 e. The first-order valence-electron chi connectivity index (χ1n) is 6.61. The lowest BCUT2D eigenvalue weighted by molar-refractivity contribution is -0.175. The van der Waals surface area contributed by atoms with E-state index in [1.807, 2.05) is 19.1 Å². The Balaban J connectivity index is 2.68. The summed E-state index contributed by atoms with van der Waals surface area (Å²) in [6, 6.07) is 3.81. The van der Waals surface area contributed by atoms with E-state index >= 15 is 0 Å². The molecule has 1 unspecified atom stereocenters. The third-order valence-corrected chi connectivity index (χ3v) is 4.33. The highest BCUT2D eigenvalue weighted by molar-refractivity contribution is 7.12. The molecule has 0 radical (unpaired) electrons. The van der Waals surface area contributed by atoms with Crippen LogP contribution in [0.15, 0.2) is 12.1 Å². The van der Waals surface area contributed by atoms with Gasteiger partial charge in [-0.3, -0.25) is 0 Å². The van der Waals surface area contributed by atoms with Crippen molar-refractivity contribution >= 4 is 11.3 Å². The highest BCUT2D eigenvalue weighted by Crippen LogP contribution is 2.32. The second kappa shape index (κ2) is 6.91. The lowest BCUT2D eigenvalue weighted by Crippen LogP contribution is -2.27. The molecule has 1 rings (SSSR count). The van der Waals surface area contributed by atoms with Crippen LogP contribution in [0.25, 0.3) is 0 Å². The van der Waals surface area contributed by atoms with Crippen LogP contribution < -0.4 is 5.32 Å². The largest absolute Gasteiger partial charge is 0.411 e. The standard InChI is InChI=1S/C14H22F3NOS/c1-5-18-10(8-19-9-14(15,16)17)11-6-7-12(20-11)13(2,3)4/h6-7,10,18H,5,8-9H2,1-4H3. The Kier molecular flexibility index (Phi) is 6.04. The van der Waals surface area contributed by atoms with Gasteiger partial charge in [-0.1, -0.05) is 27.7 Å². The number of nitrogens with one attached hydrogen (secondary N) is 1. The highest BCUT2D eigenvalue weighted by atomic mass is 32.1. The summed E-state index contributed by atoms with van der Waals surface area (Å²) in [6.45, 7) is 7.78. The number of rotatable bonds is 6. The number of hydrogen-bond acceptors (Lipinski definition) is 3. The molecule has 0 aliphatic carbocycles. The molecule has 1 heterocycles. The lowest BCUT2D eigenvalue weighted by atomic mass is 9.95. The summed E-state index contributed by atoms with van der Waals surface area (Å²) in [5.41, 5.74) is 0.0481. The summed E-state index contributed by atoms with van der Waals surface area (Å²) in [5, 5.41) is 3.17. The molecule has 0 aromatic carbocycles. The molecule has 1 N–H and O–H groups in total. The topological polar surface area (TPSA) is 21.3 Å². The highest BCUT2D eigenvalue weighted by Gasteiger charge is 2.28. The van der Waals surface area contributed by atoms with Gasteiger partial charge in [0.15, 0.2) is 0 Å². The quantitative estimate of drug-likeness (QED) is 0.847. The van der Waals surface area contributed by atoms with E-state index in [1.54, 1.807) is 11.3 Å². The molecular weight excluding hydrogens is 287 g/mol. The van der Waals surface area contributed by atoms with Gasteiger partial charge >= 0.3 is 6.18 Å². The Morgan fingerprint density at radius 3 is 2.35 bits per heavy atom. The Morgan fingerprint density at radius 2 is 1.90 bits per heavy atom. The Hall–Kier alpha value is -0.590. The maximum absolute atomic E-state index is 12.1. The SMILES string of the molecule is CCNC(COCC(F)(F)F)c1ccc(C(C)(C)C)s1. The molecule has 0 spiro atoms. The van der Waals surface area contributed by atoms with Crippen molar-refractivity contribution in [3.05, 3.63) is 21.9 Å². The fourth-order valence-electron chi connectivity index (χ4n) is 1.72. The predicted octanol–water partition coefficient (Wildman–Crippen LogP) is 4.28. The van der Waals surface area contributed by atoms with Crippen LogP contribution in [0.2, 0.25) is 0 Å². The van der Waals surface area contributed by atoms with Crippen LogP contribution >= 0.6 is 11.3 Å². The maximum atomic E-state index is 12.1. The van der Waals surface area contributed by atoms with E-state index in [9.17, 15) is 13.2 Å². The van der Waals surface area contributed by atoms with Crippen LogP contribution in [-0.4, -0.2) is 25.9 Å². The average molecular weight is 309 g/mol. The zero-order valence-corrected chi connectivity index (χ0v) is 13.1. The van der Waals surface area contributed by atoms with Crippen molar-refractivity contribution in [2.75, 3.05) is 19.8 Å². The Morgan fingerprint density at radius 1 is 1.25 bits per heavy atom. The third kappa shape index (κ3) is 5.81. The van der Waals surface area contributed by atoms with Gasteiger partial charge in [0.1, 0.15) is 6.61 Å². The molecule has 0 amide bonds. The zero-order chi connectivity index (χ0) is 15.4. The molecule has 116 valence electrons. The zero-order valence-electron chi connectivity index (χ0n) is 12.3. The van der Waals surface area contributed by atoms with Gasteiger partial charge in [0, 0.05) is 9.75 Å². The number of halogens is 3. The minimum absolute atomic E-state index is 0.0252. The molecule has 20 heavy (non-hydrogen) atoms. The second-order valence-corrected chi connectivity index (χ2v) is 6.81. The maximum Gasteiger partial charge on any atom is 0.411 e. The Labute approximate surface area is 122 Å². The number of alkyl halides is 3. The van der Waals surface area contributed by atoms with Gasteiger partial charge in [-0.25, -0.2) is 0 Å². The Bertz CT molecular complexity index is 409. The normalized spacial score (nSPS) is 14.6. The van der Waals surface area contributed by atoms with E-state index in [4.69, 9.17) is 4.74 Å². The van der Waals surface area contributed by atoms with Gasteiger partial charge in [-0.05, 0) is 24.1 Å². The number of likely N-dealkylation sites (N-methyl/N-ethyl adjacent to an activating group) is 1. The molecule has 1 atom stereocenters. The number of thiophene rings is 1.